The Labute approximate surface area is 137 Å². The fourth-order valence-corrected chi connectivity index (χ4v) is 2.67. The summed E-state index contributed by atoms with van der Waals surface area (Å²) >= 11 is 0. The first-order chi connectivity index (χ1) is 10.8. The van der Waals surface area contributed by atoms with Gasteiger partial charge in [0.1, 0.15) is 11.8 Å². The van der Waals surface area contributed by atoms with Crippen LogP contribution in [0.3, 0.4) is 0 Å². The molecule has 2 rings (SSSR count). The Morgan fingerprint density at radius 3 is 2.61 bits per heavy atom. The van der Waals surface area contributed by atoms with E-state index in [-0.39, 0.29) is 17.5 Å². The minimum atomic E-state index is -0.427. The molecule has 1 saturated heterocycles. The predicted octanol–water partition coefficient (Wildman–Crippen LogP) is 2.61. The zero-order valence-electron chi connectivity index (χ0n) is 14.2. The summed E-state index contributed by atoms with van der Waals surface area (Å²) in [5, 5.41) is 5.78. The molecule has 6 heteroatoms. The van der Waals surface area contributed by atoms with Gasteiger partial charge in [0.05, 0.1) is 12.8 Å². The van der Waals surface area contributed by atoms with Gasteiger partial charge in [0, 0.05) is 12.1 Å². The first-order valence-electron chi connectivity index (χ1n) is 7.84. The summed E-state index contributed by atoms with van der Waals surface area (Å²) < 4.78 is 5.24. The molecule has 1 aliphatic rings. The van der Waals surface area contributed by atoms with E-state index in [1.165, 1.54) is 0 Å². The minimum Gasteiger partial charge on any atom is -0.495 e. The van der Waals surface area contributed by atoms with Gasteiger partial charge >= 0.3 is 6.03 Å². The van der Waals surface area contributed by atoms with Crippen LogP contribution in [-0.4, -0.2) is 42.1 Å². The number of hydrogen-bond acceptors (Lipinski definition) is 3. The van der Waals surface area contributed by atoms with E-state index < -0.39 is 6.04 Å². The molecule has 0 unspecified atom stereocenters. The standard InChI is InChI=1S/C17H25N3O3/c1-17(2,3)19-15(21)13-9-7-11-20(13)16(22)18-12-8-5-6-10-14(12)23-4/h5-6,8,10,13H,7,9,11H2,1-4H3,(H,18,22)(H,19,21)/t13-/m0/s1. The highest BCUT2D eigenvalue weighted by Crippen LogP contribution is 2.25. The normalized spacial score (nSPS) is 17.7. The number of methoxy groups -OCH3 is 1. The van der Waals surface area contributed by atoms with Crippen molar-refractivity contribution in [2.24, 2.45) is 0 Å². The average Bonchev–Trinajstić information content (AvgIpc) is 2.95. The number of nitrogens with zero attached hydrogens (tertiary/aromatic N) is 1. The van der Waals surface area contributed by atoms with Crippen LogP contribution in [0.1, 0.15) is 33.6 Å². The Kier molecular flexibility index (Phi) is 5.13. The second kappa shape index (κ2) is 6.89. The van der Waals surface area contributed by atoms with Crippen molar-refractivity contribution in [3.05, 3.63) is 24.3 Å². The number of carbonyl (C=O) groups is 2. The lowest BCUT2D eigenvalue weighted by molar-refractivity contribution is -0.126. The first kappa shape index (κ1) is 17.1. The van der Waals surface area contributed by atoms with Crippen molar-refractivity contribution >= 4 is 17.6 Å². The molecule has 1 atom stereocenters. The van der Waals surface area contributed by atoms with Crippen LogP contribution in [0, 0.1) is 0 Å². The molecule has 23 heavy (non-hydrogen) atoms. The molecule has 1 aromatic rings. The number of ether oxygens (including phenoxy) is 1. The van der Waals surface area contributed by atoms with Crippen LogP contribution in [0.15, 0.2) is 24.3 Å². The second-order valence-corrected chi connectivity index (χ2v) is 6.72. The van der Waals surface area contributed by atoms with E-state index in [1.807, 2.05) is 32.9 Å². The lowest BCUT2D eigenvalue weighted by atomic mass is 10.1. The van der Waals surface area contributed by atoms with Gasteiger partial charge in [-0.1, -0.05) is 12.1 Å². The monoisotopic (exact) mass is 319 g/mol. The highest BCUT2D eigenvalue weighted by molar-refractivity contribution is 5.95. The van der Waals surface area contributed by atoms with Crippen LogP contribution in [0.4, 0.5) is 10.5 Å². The number of nitrogens with one attached hydrogen (secondary N) is 2. The maximum Gasteiger partial charge on any atom is 0.322 e. The van der Waals surface area contributed by atoms with Crippen molar-refractivity contribution in [2.45, 2.75) is 45.2 Å². The molecular weight excluding hydrogens is 294 g/mol. The Morgan fingerprint density at radius 1 is 1.26 bits per heavy atom. The predicted molar refractivity (Wildman–Crippen MR) is 89.6 cm³/mol. The molecule has 1 heterocycles. The summed E-state index contributed by atoms with van der Waals surface area (Å²) in [7, 11) is 1.56. The number of benzene rings is 1. The van der Waals surface area contributed by atoms with Crippen LogP contribution in [0.25, 0.3) is 0 Å². The Bertz CT molecular complexity index is 581. The van der Waals surface area contributed by atoms with Crippen LogP contribution in [0.5, 0.6) is 5.75 Å². The van der Waals surface area contributed by atoms with Gasteiger partial charge in [-0.2, -0.15) is 0 Å². The number of rotatable bonds is 3. The Balaban J connectivity index is 2.07. The summed E-state index contributed by atoms with van der Waals surface area (Å²) in [5.74, 6) is 0.487. The van der Waals surface area contributed by atoms with Crippen molar-refractivity contribution in [1.82, 2.24) is 10.2 Å². The molecule has 126 valence electrons. The second-order valence-electron chi connectivity index (χ2n) is 6.72. The summed E-state index contributed by atoms with van der Waals surface area (Å²) in [6, 6.07) is 6.51. The highest BCUT2D eigenvalue weighted by Gasteiger charge is 2.35. The van der Waals surface area contributed by atoms with Gasteiger partial charge in [0.2, 0.25) is 5.91 Å². The lowest BCUT2D eigenvalue weighted by Gasteiger charge is -2.28. The molecule has 1 aliphatic heterocycles. The lowest BCUT2D eigenvalue weighted by Crippen LogP contribution is -2.52. The molecule has 1 aromatic carbocycles. The van der Waals surface area contributed by atoms with Gasteiger partial charge in [-0.05, 0) is 45.7 Å². The first-order valence-corrected chi connectivity index (χ1v) is 7.84. The number of urea groups is 1. The molecule has 1 fully saturated rings. The van der Waals surface area contributed by atoms with Crippen molar-refractivity contribution < 1.29 is 14.3 Å². The largest absolute Gasteiger partial charge is 0.495 e. The van der Waals surface area contributed by atoms with Crippen molar-refractivity contribution in [1.29, 1.82) is 0 Å². The third kappa shape index (κ3) is 4.37. The zero-order chi connectivity index (χ0) is 17.0. The molecule has 0 aromatic heterocycles. The summed E-state index contributed by atoms with van der Waals surface area (Å²) in [6.45, 7) is 6.36. The molecule has 6 nitrogen and oxygen atoms in total. The van der Waals surface area contributed by atoms with Crippen LogP contribution in [-0.2, 0) is 4.79 Å². The van der Waals surface area contributed by atoms with Crippen molar-refractivity contribution in [3.8, 4) is 5.75 Å². The number of amides is 3. The van der Waals surface area contributed by atoms with Crippen molar-refractivity contribution in [3.63, 3.8) is 0 Å². The molecule has 0 saturated carbocycles. The summed E-state index contributed by atoms with van der Waals surface area (Å²) in [4.78, 5) is 26.5. The fourth-order valence-electron chi connectivity index (χ4n) is 2.67. The molecule has 0 bridgehead atoms. The van der Waals surface area contributed by atoms with Gasteiger partial charge in [0.15, 0.2) is 0 Å². The van der Waals surface area contributed by atoms with Crippen LogP contribution < -0.4 is 15.4 Å². The molecule has 0 aliphatic carbocycles. The quantitative estimate of drug-likeness (QED) is 0.899. The van der Waals surface area contributed by atoms with E-state index in [2.05, 4.69) is 10.6 Å². The van der Waals surface area contributed by atoms with E-state index >= 15 is 0 Å². The van der Waals surface area contributed by atoms with E-state index in [0.717, 1.165) is 6.42 Å². The minimum absolute atomic E-state index is 0.106. The zero-order valence-corrected chi connectivity index (χ0v) is 14.2. The van der Waals surface area contributed by atoms with E-state index in [9.17, 15) is 9.59 Å². The average molecular weight is 319 g/mol. The third-order valence-electron chi connectivity index (χ3n) is 3.66. The number of carbonyl (C=O) groups excluding carboxylic acids is 2. The van der Waals surface area contributed by atoms with Gasteiger partial charge < -0.3 is 20.3 Å². The molecule has 2 N–H and O–H groups in total. The smallest absolute Gasteiger partial charge is 0.322 e. The maximum atomic E-state index is 12.5. The number of hydrogen-bond donors (Lipinski definition) is 2. The number of para-hydroxylation sites is 2. The van der Waals surface area contributed by atoms with E-state index in [0.29, 0.717) is 24.4 Å². The summed E-state index contributed by atoms with van der Waals surface area (Å²) in [6.07, 6.45) is 1.50. The third-order valence-corrected chi connectivity index (χ3v) is 3.66. The van der Waals surface area contributed by atoms with Gasteiger partial charge in [-0.3, -0.25) is 4.79 Å². The fraction of sp³-hybridized carbons (Fsp3) is 0.529. The van der Waals surface area contributed by atoms with E-state index in [4.69, 9.17) is 4.74 Å². The number of anilines is 1. The Hall–Kier alpha value is -2.24. The molecule has 3 amide bonds. The summed E-state index contributed by atoms with van der Waals surface area (Å²) in [5.41, 5.74) is 0.284. The molecular formula is C17H25N3O3. The van der Waals surface area contributed by atoms with Crippen molar-refractivity contribution in [2.75, 3.05) is 19.0 Å². The van der Waals surface area contributed by atoms with Gasteiger partial charge in [-0.15, -0.1) is 0 Å². The van der Waals surface area contributed by atoms with Gasteiger partial charge in [0.25, 0.3) is 0 Å². The highest BCUT2D eigenvalue weighted by atomic mass is 16.5. The van der Waals surface area contributed by atoms with Crippen LogP contribution in [0.2, 0.25) is 0 Å². The number of likely N-dealkylation sites (tertiary alicyclic amines) is 1. The SMILES string of the molecule is COc1ccccc1NC(=O)N1CCC[C@H]1C(=O)NC(C)(C)C. The van der Waals surface area contributed by atoms with Crippen LogP contribution >= 0.6 is 0 Å². The topological polar surface area (TPSA) is 70.7 Å². The maximum absolute atomic E-state index is 12.5. The van der Waals surface area contributed by atoms with E-state index in [1.54, 1.807) is 24.1 Å². The Morgan fingerprint density at radius 2 is 1.96 bits per heavy atom. The molecule has 0 spiro atoms. The molecule has 0 radical (unpaired) electrons. The van der Waals surface area contributed by atoms with Gasteiger partial charge in [-0.25, -0.2) is 4.79 Å².